The van der Waals surface area contributed by atoms with Crippen LogP contribution in [0.2, 0.25) is 0 Å². The highest BCUT2D eigenvalue weighted by molar-refractivity contribution is 5.74. The molecule has 1 heterocycles. The zero-order valence-corrected chi connectivity index (χ0v) is 13.9. The smallest absolute Gasteiger partial charge is 0.317 e. The predicted octanol–water partition coefficient (Wildman–Crippen LogP) is 2.90. The second-order valence-corrected chi connectivity index (χ2v) is 6.59. The van der Waals surface area contributed by atoms with E-state index in [0.717, 1.165) is 19.4 Å². The summed E-state index contributed by atoms with van der Waals surface area (Å²) in [6.45, 7) is 8.10. The van der Waals surface area contributed by atoms with Gasteiger partial charge in [-0.1, -0.05) is 36.8 Å². The molecule has 0 aromatic heterocycles. The lowest BCUT2D eigenvalue weighted by Gasteiger charge is -2.34. The van der Waals surface area contributed by atoms with Crippen molar-refractivity contribution in [1.29, 1.82) is 0 Å². The number of hydrogen-bond acceptors (Lipinski definition) is 2. The normalized spacial score (nSPS) is 21.3. The van der Waals surface area contributed by atoms with Gasteiger partial charge in [0.25, 0.3) is 0 Å². The number of carbonyl (C=O) groups excluding carboxylic acids is 1. The number of nitrogens with one attached hydrogen (secondary N) is 1. The Morgan fingerprint density at radius 1 is 1.45 bits per heavy atom. The van der Waals surface area contributed by atoms with Crippen LogP contribution in [-0.4, -0.2) is 41.8 Å². The summed E-state index contributed by atoms with van der Waals surface area (Å²) >= 11 is 0. The van der Waals surface area contributed by atoms with Gasteiger partial charge < -0.3 is 15.3 Å². The molecule has 2 N–H and O–H groups in total. The Kier molecular flexibility index (Phi) is 5.83. The molecule has 0 saturated carbocycles. The Balaban J connectivity index is 1.84. The molecule has 3 unspecified atom stereocenters. The van der Waals surface area contributed by atoms with Gasteiger partial charge in [-0.25, -0.2) is 4.79 Å². The summed E-state index contributed by atoms with van der Waals surface area (Å²) in [6.07, 6.45) is 1.62. The monoisotopic (exact) mass is 304 g/mol. The first-order valence-electron chi connectivity index (χ1n) is 8.24. The summed E-state index contributed by atoms with van der Waals surface area (Å²) < 4.78 is 0. The van der Waals surface area contributed by atoms with E-state index in [1.807, 2.05) is 11.8 Å². The van der Waals surface area contributed by atoms with Crippen LogP contribution in [0, 0.1) is 12.8 Å². The van der Waals surface area contributed by atoms with Gasteiger partial charge in [-0.15, -0.1) is 0 Å². The fourth-order valence-electron chi connectivity index (χ4n) is 3.03. The van der Waals surface area contributed by atoms with Crippen LogP contribution >= 0.6 is 0 Å². The molecule has 3 atom stereocenters. The van der Waals surface area contributed by atoms with Gasteiger partial charge >= 0.3 is 6.03 Å². The molecule has 0 spiro atoms. The zero-order chi connectivity index (χ0) is 16.1. The van der Waals surface area contributed by atoms with E-state index in [1.54, 1.807) is 0 Å². The SMILES string of the molecule is Cc1cccc(C(C)CNC(=O)N2CCCC(C(C)O)C2)c1. The Hall–Kier alpha value is -1.55. The fraction of sp³-hybridized carbons (Fsp3) is 0.611. The van der Waals surface area contributed by atoms with Gasteiger partial charge in [0.05, 0.1) is 6.10 Å². The highest BCUT2D eigenvalue weighted by atomic mass is 16.3. The van der Waals surface area contributed by atoms with Crippen molar-refractivity contribution >= 4 is 6.03 Å². The molecule has 1 aliphatic rings. The standard InChI is InChI=1S/C18H28N2O2/c1-13-6-4-7-16(10-13)14(2)11-19-18(22)20-9-5-8-17(12-20)15(3)21/h4,6-7,10,14-15,17,21H,5,8-9,11-12H2,1-3H3,(H,19,22). The Bertz CT molecular complexity index is 502. The van der Waals surface area contributed by atoms with Gasteiger partial charge in [0.15, 0.2) is 0 Å². The van der Waals surface area contributed by atoms with E-state index >= 15 is 0 Å². The van der Waals surface area contributed by atoms with Gasteiger partial charge in [-0.2, -0.15) is 0 Å². The van der Waals surface area contributed by atoms with Crippen LogP contribution in [-0.2, 0) is 0 Å². The maximum absolute atomic E-state index is 12.3. The van der Waals surface area contributed by atoms with Crippen molar-refractivity contribution in [2.24, 2.45) is 5.92 Å². The van der Waals surface area contributed by atoms with Gasteiger partial charge in [0, 0.05) is 25.6 Å². The maximum atomic E-state index is 12.3. The summed E-state index contributed by atoms with van der Waals surface area (Å²) in [5.41, 5.74) is 2.49. The van der Waals surface area contributed by atoms with Crippen molar-refractivity contribution in [2.45, 2.75) is 45.6 Å². The molecule has 1 fully saturated rings. The van der Waals surface area contributed by atoms with Crippen LogP contribution in [0.25, 0.3) is 0 Å². The number of aliphatic hydroxyl groups excluding tert-OH is 1. The van der Waals surface area contributed by atoms with E-state index in [1.165, 1.54) is 11.1 Å². The number of rotatable bonds is 4. The summed E-state index contributed by atoms with van der Waals surface area (Å²) in [5.74, 6) is 0.495. The summed E-state index contributed by atoms with van der Waals surface area (Å²) in [7, 11) is 0. The second kappa shape index (κ2) is 7.63. The summed E-state index contributed by atoms with van der Waals surface area (Å²) in [6, 6.07) is 8.40. The molecule has 0 aliphatic carbocycles. The average Bonchev–Trinajstić information content (AvgIpc) is 2.52. The number of likely N-dealkylation sites (tertiary alicyclic amines) is 1. The number of hydrogen-bond donors (Lipinski definition) is 2. The zero-order valence-electron chi connectivity index (χ0n) is 13.9. The average molecular weight is 304 g/mol. The molecule has 1 aromatic carbocycles. The highest BCUT2D eigenvalue weighted by Gasteiger charge is 2.26. The third-order valence-corrected chi connectivity index (χ3v) is 4.60. The molecule has 0 radical (unpaired) electrons. The van der Waals surface area contributed by atoms with Gasteiger partial charge in [0.1, 0.15) is 0 Å². The van der Waals surface area contributed by atoms with Crippen molar-refractivity contribution in [1.82, 2.24) is 10.2 Å². The molecule has 1 aromatic rings. The van der Waals surface area contributed by atoms with Crippen molar-refractivity contribution < 1.29 is 9.90 Å². The van der Waals surface area contributed by atoms with Gasteiger partial charge in [-0.3, -0.25) is 0 Å². The van der Waals surface area contributed by atoms with Crippen LogP contribution in [0.5, 0.6) is 0 Å². The number of nitrogens with zero attached hydrogens (tertiary/aromatic N) is 1. The maximum Gasteiger partial charge on any atom is 0.317 e. The van der Waals surface area contributed by atoms with Crippen molar-refractivity contribution in [3.05, 3.63) is 35.4 Å². The summed E-state index contributed by atoms with van der Waals surface area (Å²) in [5, 5.41) is 12.7. The minimum absolute atomic E-state index is 0.00940. The number of amides is 2. The van der Waals surface area contributed by atoms with Crippen LogP contribution in [0.4, 0.5) is 4.79 Å². The van der Waals surface area contributed by atoms with Crippen molar-refractivity contribution in [2.75, 3.05) is 19.6 Å². The number of carbonyl (C=O) groups is 1. The number of aliphatic hydroxyl groups is 1. The lowest BCUT2D eigenvalue weighted by Crippen LogP contribution is -2.48. The quantitative estimate of drug-likeness (QED) is 0.898. The third kappa shape index (κ3) is 4.47. The highest BCUT2D eigenvalue weighted by Crippen LogP contribution is 2.20. The molecular weight excluding hydrogens is 276 g/mol. The molecule has 1 saturated heterocycles. The van der Waals surface area contributed by atoms with Gasteiger partial charge in [0.2, 0.25) is 0 Å². The third-order valence-electron chi connectivity index (χ3n) is 4.60. The van der Waals surface area contributed by atoms with Crippen LogP contribution in [0.15, 0.2) is 24.3 Å². The van der Waals surface area contributed by atoms with E-state index in [-0.39, 0.29) is 18.1 Å². The molecule has 2 amide bonds. The number of piperidine rings is 1. The molecule has 22 heavy (non-hydrogen) atoms. The van der Waals surface area contributed by atoms with E-state index in [4.69, 9.17) is 0 Å². The first-order valence-corrected chi connectivity index (χ1v) is 8.24. The fourth-order valence-corrected chi connectivity index (χ4v) is 3.03. The summed E-state index contributed by atoms with van der Waals surface area (Å²) in [4.78, 5) is 14.1. The lowest BCUT2D eigenvalue weighted by molar-refractivity contribution is 0.0739. The minimum Gasteiger partial charge on any atom is -0.393 e. The first-order chi connectivity index (χ1) is 10.5. The van der Waals surface area contributed by atoms with E-state index < -0.39 is 0 Å². The van der Waals surface area contributed by atoms with E-state index in [0.29, 0.717) is 19.0 Å². The van der Waals surface area contributed by atoms with Gasteiger partial charge in [-0.05, 0) is 38.2 Å². The molecular formula is C18H28N2O2. The Morgan fingerprint density at radius 2 is 2.23 bits per heavy atom. The van der Waals surface area contributed by atoms with Crippen LogP contribution in [0.1, 0.15) is 43.7 Å². The second-order valence-electron chi connectivity index (χ2n) is 6.59. The largest absolute Gasteiger partial charge is 0.393 e. The van der Waals surface area contributed by atoms with Crippen LogP contribution in [0.3, 0.4) is 0 Å². The first kappa shape index (κ1) is 16.8. The number of benzene rings is 1. The van der Waals surface area contributed by atoms with E-state index in [9.17, 15) is 9.90 Å². The Morgan fingerprint density at radius 3 is 2.91 bits per heavy atom. The van der Waals surface area contributed by atoms with Crippen molar-refractivity contribution in [3.63, 3.8) is 0 Å². The van der Waals surface area contributed by atoms with E-state index in [2.05, 4.69) is 43.4 Å². The Labute approximate surface area is 133 Å². The van der Waals surface area contributed by atoms with Crippen LogP contribution < -0.4 is 5.32 Å². The molecule has 122 valence electrons. The number of urea groups is 1. The molecule has 1 aliphatic heterocycles. The lowest BCUT2D eigenvalue weighted by atomic mass is 9.93. The molecule has 4 heteroatoms. The minimum atomic E-state index is -0.346. The molecule has 2 rings (SSSR count). The molecule has 4 nitrogen and oxygen atoms in total. The van der Waals surface area contributed by atoms with Crippen molar-refractivity contribution in [3.8, 4) is 0 Å². The molecule has 0 bridgehead atoms. The topological polar surface area (TPSA) is 52.6 Å². The number of aryl methyl sites for hydroxylation is 1. The predicted molar refractivity (Wildman–Crippen MR) is 89.0 cm³/mol.